The van der Waals surface area contributed by atoms with Crippen LogP contribution in [0.3, 0.4) is 0 Å². The van der Waals surface area contributed by atoms with Crippen LogP contribution in [0.1, 0.15) is 25.3 Å². The normalized spacial score (nSPS) is 21.9. The second-order valence-corrected chi connectivity index (χ2v) is 5.72. The van der Waals surface area contributed by atoms with Crippen molar-refractivity contribution in [2.45, 2.75) is 25.3 Å². The number of hydrogen-bond donors (Lipinski definition) is 1. The lowest BCUT2D eigenvalue weighted by atomic mass is 9.86. The van der Waals surface area contributed by atoms with Gasteiger partial charge in [0.15, 0.2) is 0 Å². The third kappa shape index (κ3) is 2.97. The molecule has 1 saturated heterocycles. The van der Waals surface area contributed by atoms with Gasteiger partial charge in [0.1, 0.15) is 0 Å². The molecule has 0 saturated carbocycles. The van der Waals surface area contributed by atoms with Gasteiger partial charge in [-0.2, -0.15) is 0 Å². The molecule has 0 aliphatic carbocycles. The van der Waals surface area contributed by atoms with Crippen LogP contribution in [0, 0.1) is 0 Å². The SMILES string of the molecule is CC1(CC=Cc2cncc(-c3ccccc3)c2)CCN1. The molecule has 1 aliphatic rings. The van der Waals surface area contributed by atoms with Crippen LogP contribution in [0.4, 0.5) is 0 Å². The number of benzene rings is 1. The van der Waals surface area contributed by atoms with Crippen molar-refractivity contribution in [3.05, 3.63) is 60.4 Å². The third-order valence-electron chi connectivity index (χ3n) is 3.97. The number of aromatic nitrogens is 1. The van der Waals surface area contributed by atoms with Crippen LogP contribution in [-0.4, -0.2) is 17.1 Å². The van der Waals surface area contributed by atoms with Crippen molar-refractivity contribution in [1.29, 1.82) is 0 Å². The Labute approximate surface area is 120 Å². The first kappa shape index (κ1) is 13.1. The number of pyridine rings is 1. The molecule has 2 heterocycles. The Morgan fingerprint density at radius 2 is 2.00 bits per heavy atom. The lowest BCUT2D eigenvalue weighted by Crippen LogP contribution is -2.54. The van der Waals surface area contributed by atoms with Gasteiger partial charge in [0.25, 0.3) is 0 Å². The first-order chi connectivity index (χ1) is 9.75. The molecule has 1 aliphatic heterocycles. The lowest BCUT2D eigenvalue weighted by molar-refractivity contribution is 0.236. The average Bonchev–Trinajstić information content (AvgIpc) is 2.47. The smallest absolute Gasteiger partial charge is 0.0346 e. The summed E-state index contributed by atoms with van der Waals surface area (Å²) in [5.74, 6) is 0. The van der Waals surface area contributed by atoms with E-state index in [1.807, 2.05) is 18.5 Å². The summed E-state index contributed by atoms with van der Waals surface area (Å²) >= 11 is 0. The van der Waals surface area contributed by atoms with Gasteiger partial charge in [-0.15, -0.1) is 0 Å². The van der Waals surface area contributed by atoms with E-state index in [1.54, 1.807) is 0 Å². The van der Waals surface area contributed by atoms with Crippen molar-refractivity contribution >= 4 is 6.08 Å². The fraction of sp³-hybridized carbons (Fsp3) is 0.278. The van der Waals surface area contributed by atoms with Gasteiger partial charge in [-0.25, -0.2) is 0 Å². The molecule has 0 amide bonds. The molecule has 2 aromatic rings. The summed E-state index contributed by atoms with van der Waals surface area (Å²) in [5.41, 5.74) is 3.85. The van der Waals surface area contributed by atoms with Gasteiger partial charge in [-0.05, 0) is 43.5 Å². The van der Waals surface area contributed by atoms with Crippen molar-refractivity contribution in [3.8, 4) is 11.1 Å². The molecule has 1 unspecified atom stereocenters. The third-order valence-corrected chi connectivity index (χ3v) is 3.97. The van der Waals surface area contributed by atoms with Crippen LogP contribution in [0.15, 0.2) is 54.9 Å². The van der Waals surface area contributed by atoms with E-state index in [4.69, 9.17) is 0 Å². The highest BCUT2D eigenvalue weighted by Gasteiger charge is 2.28. The van der Waals surface area contributed by atoms with Crippen LogP contribution in [0.5, 0.6) is 0 Å². The lowest BCUT2D eigenvalue weighted by Gasteiger charge is -2.39. The van der Waals surface area contributed by atoms with Crippen molar-refractivity contribution in [2.75, 3.05) is 6.54 Å². The summed E-state index contributed by atoms with van der Waals surface area (Å²) in [7, 11) is 0. The maximum Gasteiger partial charge on any atom is 0.0346 e. The minimum absolute atomic E-state index is 0.307. The standard InChI is InChI=1S/C18H20N2/c1-18(10-11-20-18)9-5-6-15-12-17(14-19-13-15)16-7-3-2-4-8-16/h2-8,12-14,20H,9-11H2,1H3. The van der Waals surface area contributed by atoms with E-state index >= 15 is 0 Å². The molecule has 20 heavy (non-hydrogen) atoms. The van der Waals surface area contributed by atoms with E-state index in [-0.39, 0.29) is 0 Å². The highest BCUT2D eigenvalue weighted by molar-refractivity contribution is 5.65. The van der Waals surface area contributed by atoms with Gasteiger partial charge in [0.05, 0.1) is 0 Å². The molecule has 0 radical (unpaired) electrons. The minimum Gasteiger partial charge on any atom is -0.311 e. The summed E-state index contributed by atoms with van der Waals surface area (Å²) < 4.78 is 0. The van der Waals surface area contributed by atoms with Crippen molar-refractivity contribution in [2.24, 2.45) is 0 Å². The molecule has 2 heteroatoms. The maximum absolute atomic E-state index is 4.34. The molecule has 0 spiro atoms. The summed E-state index contributed by atoms with van der Waals surface area (Å²) in [4.78, 5) is 4.34. The molecule has 1 aromatic heterocycles. The van der Waals surface area contributed by atoms with Crippen LogP contribution in [-0.2, 0) is 0 Å². The predicted octanol–water partition coefficient (Wildman–Crippen LogP) is 3.90. The topological polar surface area (TPSA) is 24.9 Å². The monoisotopic (exact) mass is 264 g/mol. The van der Waals surface area contributed by atoms with E-state index in [0.717, 1.165) is 18.5 Å². The fourth-order valence-electron chi connectivity index (χ4n) is 2.52. The van der Waals surface area contributed by atoms with Gasteiger partial charge in [0.2, 0.25) is 0 Å². The number of rotatable bonds is 4. The number of nitrogens with one attached hydrogen (secondary N) is 1. The molecule has 3 rings (SSSR count). The molecule has 0 bridgehead atoms. The van der Waals surface area contributed by atoms with E-state index < -0.39 is 0 Å². The number of hydrogen-bond acceptors (Lipinski definition) is 2. The van der Waals surface area contributed by atoms with Gasteiger partial charge < -0.3 is 5.32 Å². The Bertz CT molecular complexity index is 598. The van der Waals surface area contributed by atoms with E-state index in [1.165, 1.54) is 17.5 Å². The van der Waals surface area contributed by atoms with Gasteiger partial charge in [-0.3, -0.25) is 4.98 Å². The predicted molar refractivity (Wildman–Crippen MR) is 84.3 cm³/mol. The van der Waals surface area contributed by atoms with Crippen LogP contribution in [0.2, 0.25) is 0 Å². The second-order valence-electron chi connectivity index (χ2n) is 5.72. The summed E-state index contributed by atoms with van der Waals surface area (Å²) in [6, 6.07) is 12.6. The quantitative estimate of drug-likeness (QED) is 0.905. The molecular weight excluding hydrogens is 244 g/mol. The van der Waals surface area contributed by atoms with E-state index in [0.29, 0.717) is 5.54 Å². The molecule has 1 fully saturated rings. The maximum atomic E-state index is 4.34. The Morgan fingerprint density at radius 3 is 2.70 bits per heavy atom. The van der Waals surface area contributed by atoms with Gasteiger partial charge in [-0.1, -0.05) is 42.5 Å². The van der Waals surface area contributed by atoms with Crippen molar-refractivity contribution in [1.82, 2.24) is 10.3 Å². The van der Waals surface area contributed by atoms with Crippen LogP contribution >= 0.6 is 0 Å². The zero-order chi connectivity index (χ0) is 13.8. The fourth-order valence-corrected chi connectivity index (χ4v) is 2.52. The van der Waals surface area contributed by atoms with E-state index in [2.05, 4.69) is 59.7 Å². The molecule has 102 valence electrons. The Kier molecular flexibility index (Phi) is 3.66. The molecule has 2 nitrogen and oxygen atoms in total. The Morgan fingerprint density at radius 1 is 1.20 bits per heavy atom. The summed E-state index contributed by atoms with van der Waals surface area (Å²) in [6.07, 6.45) is 10.6. The summed E-state index contributed by atoms with van der Waals surface area (Å²) in [5, 5.41) is 3.48. The Hall–Kier alpha value is -1.93. The average molecular weight is 264 g/mol. The number of nitrogens with zero attached hydrogens (tertiary/aromatic N) is 1. The van der Waals surface area contributed by atoms with Crippen molar-refractivity contribution in [3.63, 3.8) is 0 Å². The van der Waals surface area contributed by atoms with Gasteiger partial charge >= 0.3 is 0 Å². The molecular formula is C18H20N2. The van der Waals surface area contributed by atoms with Gasteiger partial charge in [0, 0.05) is 23.5 Å². The van der Waals surface area contributed by atoms with Crippen LogP contribution in [0.25, 0.3) is 17.2 Å². The molecule has 1 atom stereocenters. The first-order valence-electron chi connectivity index (χ1n) is 7.17. The largest absolute Gasteiger partial charge is 0.311 e. The van der Waals surface area contributed by atoms with Crippen LogP contribution < -0.4 is 5.32 Å². The summed E-state index contributed by atoms with van der Waals surface area (Å²) in [6.45, 7) is 3.43. The first-order valence-corrected chi connectivity index (χ1v) is 7.17. The molecule has 1 N–H and O–H groups in total. The molecule has 1 aromatic carbocycles. The highest BCUT2D eigenvalue weighted by atomic mass is 15.0. The second kappa shape index (κ2) is 5.59. The highest BCUT2D eigenvalue weighted by Crippen LogP contribution is 2.23. The Balaban J connectivity index is 1.73. The van der Waals surface area contributed by atoms with Crippen molar-refractivity contribution < 1.29 is 0 Å². The zero-order valence-electron chi connectivity index (χ0n) is 11.8. The minimum atomic E-state index is 0.307. The zero-order valence-corrected chi connectivity index (χ0v) is 11.8. The van der Waals surface area contributed by atoms with E-state index in [9.17, 15) is 0 Å².